The van der Waals surface area contributed by atoms with Gasteiger partial charge in [-0.2, -0.15) is 0 Å². The first-order valence-corrected chi connectivity index (χ1v) is 18.8. The molecule has 5 nitrogen and oxygen atoms in total. The van der Waals surface area contributed by atoms with Crippen molar-refractivity contribution in [3.05, 3.63) is 176 Å². The molecular weight excluding hydrogens is 679 g/mol. The Balaban J connectivity index is 1.05. The topological polar surface area (TPSA) is 56.5 Å². The summed E-state index contributed by atoms with van der Waals surface area (Å²) in [7, 11) is 0. The molecule has 0 spiro atoms. The van der Waals surface area contributed by atoms with Crippen molar-refractivity contribution in [2.75, 3.05) is 0 Å². The van der Waals surface area contributed by atoms with Crippen LogP contribution in [0.1, 0.15) is 0 Å². The minimum Gasteiger partial charge on any atom is -0.309 e. The van der Waals surface area contributed by atoms with Gasteiger partial charge in [0.25, 0.3) is 0 Å². The Hall–Kier alpha value is -7.02. The number of rotatable bonds is 5. The van der Waals surface area contributed by atoms with Crippen LogP contribution < -0.4 is 0 Å². The molecule has 0 aliphatic rings. The molecule has 0 bridgehead atoms. The lowest BCUT2D eigenvalue weighted by Gasteiger charge is -2.12. The van der Waals surface area contributed by atoms with Gasteiger partial charge in [0.2, 0.25) is 0 Å². The standard InChI is InChI=1S/C48H29N5S/c1-3-13-30(14-4-1)44-46-45(38-19-9-12-22-42(38)54-46)52-48(51-44)32-25-23-31(24-26-32)47-49-39-20-10-7-18-37(39)43(50-47)33-27-28-36-35-17-8-11-21-40(35)53(41(36)29-33)34-15-5-2-6-16-34/h1-29H. The summed E-state index contributed by atoms with van der Waals surface area (Å²) >= 11 is 1.75. The Morgan fingerprint density at radius 1 is 0.389 bits per heavy atom. The molecule has 0 unspecified atom stereocenters. The zero-order valence-electron chi connectivity index (χ0n) is 28.9. The van der Waals surface area contributed by atoms with Gasteiger partial charge in [0.1, 0.15) is 0 Å². The van der Waals surface area contributed by atoms with Crippen LogP contribution in [-0.4, -0.2) is 24.5 Å². The normalized spacial score (nSPS) is 11.7. The summed E-state index contributed by atoms with van der Waals surface area (Å²) in [6.45, 7) is 0. The SMILES string of the molecule is c1ccc(-c2nc(-c3ccc(-c4nc(-c5ccc6c7ccccc7n(-c7ccccc7)c6c5)c5ccccc5n4)cc3)nc3c2sc2ccccc23)cc1. The zero-order chi connectivity index (χ0) is 35.6. The van der Waals surface area contributed by atoms with E-state index < -0.39 is 0 Å². The number of hydrogen-bond donors (Lipinski definition) is 0. The molecule has 4 aromatic heterocycles. The molecular formula is C48H29N5S. The smallest absolute Gasteiger partial charge is 0.160 e. The third kappa shape index (κ3) is 4.92. The van der Waals surface area contributed by atoms with E-state index in [2.05, 4.69) is 168 Å². The number of fused-ring (bicyclic) bond motifs is 7. The quantitative estimate of drug-likeness (QED) is 0.179. The van der Waals surface area contributed by atoms with E-state index in [4.69, 9.17) is 19.9 Å². The van der Waals surface area contributed by atoms with Gasteiger partial charge in [0, 0.05) is 54.2 Å². The second-order valence-corrected chi connectivity index (χ2v) is 14.5. The molecule has 11 rings (SSSR count). The van der Waals surface area contributed by atoms with Crippen LogP contribution in [0.5, 0.6) is 0 Å². The number of hydrogen-bond acceptors (Lipinski definition) is 5. The van der Waals surface area contributed by atoms with Gasteiger partial charge in [0.15, 0.2) is 11.6 Å². The molecule has 0 N–H and O–H groups in total. The van der Waals surface area contributed by atoms with Gasteiger partial charge in [-0.15, -0.1) is 11.3 Å². The lowest BCUT2D eigenvalue weighted by Crippen LogP contribution is -1.97. The summed E-state index contributed by atoms with van der Waals surface area (Å²) in [6.07, 6.45) is 0. The monoisotopic (exact) mass is 707 g/mol. The zero-order valence-corrected chi connectivity index (χ0v) is 29.7. The van der Waals surface area contributed by atoms with E-state index in [9.17, 15) is 0 Å². The maximum absolute atomic E-state index is 5.28. The number of benzene rings is 7. The van der Waals surface area contributed by atoms with Crippen molar-refractivity contribution in [3.63, 3.8) is 0 Å². The molecule has 0 aliphatic carbocycles. The first-order chi connectivity index (χ1) is 26.8. The predicted molar refractivity (Wildman–Crippen MR) is 224 cm³/mol. The molecule has 0 fully saturated rings. The highest BCUT2D eigenvalue weighted by molar-refractivity contribution is 7.26. The number of thiophene rings is 1. The molecule has 252 valence electrons. The molecule has 7 aromatic carbocycles. The summed E-state index contributed by atoms with van der Waals surface area (Å²) < 4.78 is 4.65. The van der Waals surface area contributed by atoms with Crippen molar-refractivity contribution in [3.8, 4) is 51.0 Å². The molecule has 6 heteroatoms. The fraction of sp³-hybridized carbons (Fsp3) is 0. The maximum Gasteiger partial charge on any atom is 0.160 e. The molecule has 0 saturated heterocycles. The Morgan fingerprint density at radius 2 is 0.981 bits per heavy atom. The third-order valence-corrected chi connectivity index (χ3v) is 11.4. The van der Waals surface area contributed by atoms with Gasteiger partial charge in [-0.25, -0.2) is 19.9 Å². The van der Waals surface area contributed by atoms with Crippen LogP contribution in [-0.2, 0) is 0 Å². The van der Waals surface area contributed by atoms with Crippen molar-refractivity contribution < 1.29 is 0 Å². The second-order valence-electron chi connectivity index (χ2n) is 13.4. The van der Waals surface area contributed by atoms with Crippen LogP contribution in [0.2, 0.25) is 0 Å². The van der Waals surface area contributed by atoms with Crippen LogP contribution in [0.3, 0.4) is 0 Å². The lowest BCUT2D eigenvalue weighted by molar-refractivity contribution is 1.18. The van der Waals surface area contributed by atoms with Gasteiger partial charge in [-0.05, 0) is 36.4 Å². The maximum atomic E-state index is 5.28. The van der Waals surface area contributed by atoms with E-state index in [1.807, 2.05) is 12.1 Å². The van der Waals surface area contributed by atoms with Crippen LogP contribution in [0.15, 0.2) is 176 Å². The fourth-order valence-electron chi connectivity index (χ4n) is 7.68. The van der Waals surface area contributed by atoms with E-state index in [-0.39, 0.29) is 0 Å². The first kappa shape index (κ1) is 30.6. The molecule has 0 saturated carbocycles. The van der Waals surface area contributed by atoms with E-state index in [0.717, 1.165) is 71.4 Å². The Kier molecular flexibility index (Phi) is 6.97. The van der Waals surface area contributed by atoms with Gasteiger partial charge in [-0.3, -0.25) is 0 Å². The van der Waals surface area contributed by atoms with Crippen LogP contribution >= 0.6 is 11.3 Å². The van der Waals surface area contributed by atoms with E-state index in [1.54, 1.807) is 11.3 Å². The van der Waals surface area contributed by atoms with Crippen molar-refractivity contribution >= 4 is 64.3 Å². The van der Waals surface area contributed by atoms with Gasteiger partial charge < -0.3 is 4.57 Å². The van der Waals surface area contributed by atoms with E-state index in [1.165, 1.54) is 21.0 Å². The van der Waals surface area contributed by atoms with Crippen LogP contribution in [0.25, 0.3) is 104 Å². The Morgan fingerprint density at radius 3 is 1.78 bits per heavy atom. The average molecular weight is 708 g/mol. The van der Waals surface area contributed by atoms with Crippen molar-refractivity contribution in [1.29, 1.82) is 0 Å². The van der Waals surface area contributed by atoms with Gasteiger partial charge >= 0.3 is 0 Å². The van der Waals surface area contributed by atoms with E-state index >= 15 is 0 Å². The van der Waals surface area contributed by atoms with Crippen molar-refractivity contribution in [2.24, 2.45) is 0 Å². The number of para-hydroxylation sites is 3. The van der Waals surface area contributed by atoms with Crippen LogP contribution in [0, 0.1) is 0 Å². The Labute approximate surface area is 314 Å². The molecule has 11 aromatic rings. The predicted octanol–water partition coefficient (Wildman–Crippen LogP) is 12.6. The highest BCUT2D eigenvalue weighted by Crippen LogP contribution is 2.40. The average Bonchev–Trinajstić information content (AvgIpc) is 3.79. The summed E-state index contributed by atoms with van der Waals surface area (Å²) in [4.78, 5) is 20.7. The molecule has 0 amide bonds. The van der Waals surface area contributed by atoms with Gasteiger partial charge in [0.05, 0.1) is 38.2 Å². The number of nitrogens with zero attached hydrogens (tertiary/aromatic N) is 5. The van der Waals surface area contributed by atoms with Crippen LogP contribution in [0.4, 0.5) is 0 Å². The highest BCUT2D eigenvalue weighted by Gasteiger charge is 2.19. The Bertz CT molecular complexity index is 3200. The van der Waals surface area contributed by atoms with Gasteiger partial charge in [-0.1, -0.05) is 140 Å². The summed E-state index contributed by atoms with van der Waals surface area (Å²) in [5, 5.41) is 4.59. The summed E-state index contributed by atoms with van der Waals surface area (Å²) in [5.74, 6) is 1.36. The molecule has 54 heavy (non-hydrogen) atoms. The minimum absolute atomic E-state index is 0.670. The first-order valence-electron chi connectivity index (χ1n) is 18.0. The molecule has 0 radical (unpaired) electrons. The van der Waals surface area contributed by atoms with Crippen molar-refractivity contribution in [2.45, 2.75) is 0 Å². The highest BCUT2D eigenvalue weighted by atomic mass is 32.1. The molecule has 4 heterocycles. The molecule has 0 atom stereocenters. The van der Waals surface area contributed by atoms with E-state index in [0.29, 0.717) is 11.6 Å². The minimum atomic E-state index is 0.670. The summed E-state index contributed by atoms with van der Waals surface area (Å²) in [5.41, 5.74) is 11.2. The largest absolute Gasteiger partial charge is 0.309 e. The lowest BCUT2D eigenvalue weighted by atomic mass is 10.0. The summed E-state index contributed by atoms with van der Waals surface area (Å²) in [6, 6.07) is 61.3. The fourth-order valence-corrected chi connectivity index (χ4v) is 8.83. The third-order valence-electron chi connectivity index (χ3n) is 10.2. The number of aromatic nitrogens is 5. The second kappa shape index (κ2) is 12.3. The van der Waals surface area contributed by atoms with Crippen molar-refractivity contribution in [1.82, 2.24) is 24.5 Å². The molecule has 0 aliphatic heterocycles.